The average Bonchev–Trinajstić information content (AvgIpc) is 3.37. The minimum Gasteiger partial charge on any atom is -0.507 e. The van der Waals surface area contributed by atoms with Gasteiger partial charge in [-0.15, -0.1) is 10.2 Å². The number of fused-ring (bicyclic) bond motifs is 1. The Bertz CT molecular complexity index is 929. The van der Waals surface area contributed by atoms with Crippen molar-refractivity contribution < 1.29 is 5.11 Å². The van der Waals surface area contributed by atoms with Crippen LogP contribution >= 0.6 is 0 Å². The van der Waals surface area contributed by atoms with Crippen LogP contribution in [0, 0.1) is 0 Å². The molecule has 0 bridgehead atoms. The molecule has 120 valence electrons. The monoisotopic (exact) mass is 317 g/mol. The molecule has 1 aromatic heterocycles. The summed E-state index contributed by atoms with van der Waals surface area (Å²) in [6.07, 6.45) is 2.59. The second-order valence-corrected chi connectivity index (χ2v) is 6.92. The number of hydrogen-bond donors (Lipinski definition) is 2. The zero-order valence-electron chi connectivity index (χ0n) is 13.4. The van der Waals surface area contributed by atoms with E-state index in [2.05, 4.69) is 27.6 Å². The highest BCUT2D eigenvalue weighted by molar-refractivity contribution is 5.84. The summed E-state index contributed by atoms with van der Waals surface area (Å²) in [6.45, 7) is 2.13. The van der Waals surface area contributed by atoms with Crippen molar-refractivity contribution in [2.75, 3.05) is 13.1 Å². The van der Waals surface area contributed by atoms with Crippen molar-refractivity contribution in [1.82, 2.24) is 15.5 Å². The molecule has 4 nitrogen and oxygen atoms in total. The minimum atomic E-state index is 0.240. The first-order valence-corrected chi connectivity index (χ1v) is 8.60. The van der Waals surface area contributed by atoms with E-state index in [9.17, 15) is 5.11 Å². The molecule has 0 atom stereocenters. The fraction of sp³-hybridized carbons (Fsp3) is 0.300. The van der Waals surface area contributed by atoms with Gasteiger partial charge in [-0.05, 0) is 60.2 Å². The second-order valence-electron chi connectivity index (χ2n) is 6.92. The lowest BCUT2D eigenvalue weighted by Crippen LogP contribution is -2.40. The summed E-state index contributed by atoms with van der Waals surface area (Å²) in [7, 11) is 0. The first kappa shape index (κ1) is 13.9. The van der Waals surface area contributed by atoms with Crippen LogP contribution in [-0.2, 0) is 0 Å². The number of hydrogen-bond acceptors (Lipinski definition) is 4. The average molecular weight is 317 g/mol. The van der Waals surface area contributed by atoms with Crippen LogP contribution < -0.4 is 5.32 Å². The first-order chi connectivity index (χ1) is 11.8. The maximum atomic E-state index is 10.1. The summed E-state index contributed by atoms with van der Waals surface area (Å²) in [5.74, 6) is 1.57. The number of rotatable bonds is 3. The molecule has 1 saturated heterocycles. The van der Waals surface area contributed by atoms with Crippen molar-refractivity contribution in [1.29, 1.82) is 0 Å². The quantitative estimate of drug-likeness (QED) is 0.775. The number of phenolic OH excluding ortho intramolecular Hbond substituents is 1. The predicted molar refractivity (Wildman–Crippen MR) is 94.2 cm³/mol. The highest BCUT2D eigenvalue weighted by atomic mass is 16.3. The van der Waals surface area contributed by atoms with Crippen molar-refractivity contribution in [3.8, 4) is 17.0 Å². The molecule has 1 aliphatic heterocycles. The summed E-state index contributed by atoms with van der Waals surface area (Å²) in [4.78, 5) is 0. The third kappa shape index (κ3) is 2.26. The zero-order chi connectivity index (χ0) is 16.1. The first-order valence-electron chi connectivity index (χ1n) is 8.60. The van der Waals surface area contributed by atoms with Gasteiger partial charge in [0.15, 0.2) is 0 Å². The lowest BCUT2D eigenvalue weighted by Gasteiger charge is -2.29. The predicted octanol–water partition coefficient (Wildman–Crippen LogP) is 3.57. The number of aromatic hydroxyl groups is 1. The molecule has 2 heterocycles. The largest absolute Gasteiger partial charge is 0.507 e. The van der Waals surface area contributed by atoms with E-state index >= 15 is 0 Å². The molecule has 5 rings (SSSR count). The Balaban J connectivity index is 1.66. The van der Waals surface area contributed by atoms with Gasteiger partial charge in [-0.2, -0.15) is 0 Å². The molecule has 0 radical (unpaired) electrons. The third-order valence-electron chi connectivity index (χ3n) is 5.21. The molecule has 0 spiro atoms. The number of phenols is 1. The maximum absolute atomic E-state index is 10.1. The molecule has 1 aliphatic carbocycles. The van der Waals surface area contributed by atoms with Crippen LogP contribution in [0.5, 0.6) is 5.75 Å². The van der Waals surface area contributed by atoms with Crippen molar-refractivity contribution in [3.63, 3.8) is 0 Å². The van der Waals surface area contributed by atoms with Crippen LogP contribution in [0.3, 0.4) is 0 Å². The van der Waals surface area contributed by atoms with E-state index in [0.29, 0.717) is 11.8 Å². The van der Waals surface area contributed by atoms with Crippen LogP contribution in [0.15, 0.2) is 42.5 Å². The Morgan fingerprint density at radius 2 is 1.71 bits per heavy atom. The third-order valence-corrected chi connectivity index (χ3v) is 5.21. The number of aromatic nitrogens is 2. The number of benzene rings is 2. The van der Waals surface area contributed by atoms with E-state index < -0.39 is 0 Å². The molecular formula is C20H19N3O. The van der Waals surface area contributed by atoms with Gasteiger partial charge in [0, 0.05) is 30.0 Å². The van der Waals surface area contributed by atoms with Gasteiger partial charge in [0.25, 0.3) is 0 Å². The highest BCUT2D eigenvalue weighted by Gasteiger charge is 2.31. The van der Waals surface area contributed by atoms with E-state index in [-0.39, 0.29) is 5.75 Å². The minimum absolute atomic E-state index is 0.240. The Labute approximate surface area is 140 Å². The number of nitrogens with one attached hydrogen (secondary N) is 1. The lowest BCUT2D eigenvalue weighted by atomic mass is 9.87. The molecule has 2 N–H and O–H groups in total. The maximum Gasteiger partial charge on any atom is 0.125 e. The van der Waals surface area contributed by atoms with Crippen molar-refractivity contribution in [2.24, 2.45) is 0 Å². The van der Waals surface area contributed by atoms with E-state index in [1.165, 1.54) is 24.0 Å². The fourth-order valence-electron chi connectivity index (χ4n) is 3.56. The normalized spacial score (nSPS) is 17.8. The fourth-order valence-corrected chi connectivity index (χ4v) is 3.56. The summed E-state index contributed by atoms with van der Waals surface area (Å²) < 4.78 is 0. The molecule has 0 unspecified atom stereocenters. The van der Waals surface area contributed by atoms with Crippen LogP contribution in [0.25, 0.3) is 22.2 Å². The summed E-state index contributed by atoms with van der Waals surface area (Å²) in [5, 5.41) is 23.3. The van der Waals surface area contributed by atoms with Crippen molar-refractivity contribution >= 4 is 10.9 Å². The molecule has 2 aliphatic rings. The van der Waals surface area contributed by atoms with Gasteiger partial charge in [0.2, 0.25) is 0 Å². The Kier molecular flexibility index (Phi) is 3.06. The van der Waals surface area contributed by atoms with Gasteiger partial charge < -0.3 is 10.4 Å². The van der Waals surface area contributed by atoms with E-state index in [0.717, 1.165) is 35.2 Å². The van der Waals surface area contributed by atoms with Gasteiger partial charge in [0.1, 0.15) is 5.75 Å². The van der Waals surface area contributed by atoms with Gasteiger partial charge in [0.05, 0.1) is 11.2 Å². The number of nitrogens with zero attached hydrogens (tertiary/aromatic N) is 2. The Morgan fingerprint density at radius 1 is 0.917 bits per heavy atom. The molecule has 0 amide bonds. The van der Waals surface area contributed by atoms with E-state index in [4.69, 9.17) is 0 Å². The van der Waals surface area contributed by atoms with Gasteiger partial charge in [-0.1, -0.05) is 12.1 Å². The number of para-hydroxylation sites is 1. The zero-order valence-corrected chi connectivity index (χ0v) is 13.4. The molecule has 2 fully saturated rings. The molecule has 4 heteroatoms. The second kappa shape index (κ2) is 5.28. The molecule has 24 heavy (non-hydrogen) atoms. The highest BCUT2D eigenvalue weighted by Crippen LogP contribution is 2.45. The van der Waals surface area contributed by atoms with Gasteiger partial charge >= 0.3 is 0 Å². The van der Waals surface area contributed by atoms with E-state index in [1.54, 1.807) is 6.07 Å². The molecule has 2 aromatic carbocycles. The van der Waals surface area contributed by atoms with Gasteiger partial charge in [-0.3, -0.25) is 0 Å². The van der Waals surface area contributed by atoms with E-state index in [1.807, 2.05) is 24.3 Å². The summed E-state index contributed by atoms with van der Waals surface area (Å²) in [5.41, 5.74) is 5.34. The Morgan fingerprint density at radius 3 is 2.42 bits per heavy atom. The summed E-state index contributed by atoms with van der Waals surface area (Å²) in [6, 6.07) is 13.9. The van der Waals surface area contributed by atoms with Gasteiger partial charge in [-0.25, -0.2) is 0 Å². The van der Waals surface area contributed by atoms with Crippen LogP contribution in [0.2, 0.25) is 0 Å². The molecule has 3 aromatic rings. The van der Waals surface area contributed by atoms with Crippen molar-refractivity contribution in [2.45, 2.75) is 24.7 Å². The molecular weight excluding hydrogens is 298 g/mol. The van der Waals surface area contributed by atoms with Crippen LogP contribution in [-0.4, -0.2) is 28.4 Å². The summed E-state index contributed by atoms with van der Waals surface area (Å²) >= 11 is 0. The standard InChI is InChI=1S/C20H19N3O/c24-20-4-2-1-3-15(20)19-8-13-7-16(14-10-21-11-14)17(12-5-6-12)9-18(13)22-23-19/h1-4,7-9,12,14,21,24H,5-6,10-11H2. The SMILES string of the molecule is Oc1ccccc1-c1cc2cc(C3CNC3)c(C3CC3)cc2nn1. The van der Waals surface area contributed by atoms with Crippen LogP contribution in [0.4, 0.5) is 0 Å². The van der Waals surface area contributed by atoms with Crippen LogP contribution in [0.1, 0.15) is 35.8 Å². The topological polar surface area (TPSA) is 58.0 Å². The smallest absolute Gasteiger partial charge is 0.125 e. The lowest BCUT2D eigenvalue weighted by molar-refractivity contribution is 0.446. The Hall–Kier alpha value is -2.46. The molecule has 1 saturated carbocycles. The van der Waals surface area contributed by atoms with Crippen molar-refractivity contribution in [3.05, 3.63) is 53.6 Å².